The predicted molar refractivity (Wildman–Crippen MR) is 116 cm³/mol. The summed E-state index contributed by atoms with van der Waals surface area (Å²) in [5.41, 5.74) is 1.89. The van der Waals surface area contributed by atoms with Gasteiger partial charge in [0.15, 0.2) is 6.29 Å². The third-order valence-corrected chi connectivity index (χ3v) is 7.52. The number of nitrogens with zero attached hydrogens (tertiary/aromatic N) is 1. The zero-order valence-electron chi connectivity index (χ0n) is 18.0. The van der Waals surface area contributed by atoms with Crippen LogP contribution in [0.5, 0.6) is 0 Å². The van der Waals surface area contributed by atoms with Gasteiger partial charge in [-0.1, -0.05) is 66.6 Å². The summed E-state index contributed by atoms with van der Waals surface area (Å²) >= 11 is 0. The van der Waals surface area contributed by atoms with Crippen molar-refractivity contribution >= 4 is 5.97 Å². The molecule has 0 aromatic heterocycles. The molecule has 4 aliphatic rings. The number of fused-ring (bicyclic) bond motifs is 1. The van der Waals surface area contributed by atoms with Crippen molar-refractivity contribution in [2.45, 2.75) is 62.6 Å². The van der Waals surface area contributed by atoms with E-state index in [1.807, 2.05) is 18.2 Å². The Labute approximate surface area is 188 Å². The van der Waals surface area contributed by atoms with Gasteiger partial charge in [-0.2, -0.15) is 0 Å². The molecule has 2 aromatic rings. The highest BCUT2D eigenvalue weighted by molar-refractivity contribution is 5.89. The van der Waals surface area contributed by atoms with Crippen LogP contribution in [-0.4, -0.2) is 42.3 Å². The fraction of sp³-hybridized carbons (Fsp3) is 0.500. The summed E-state index contributed by atoms with van der Waals surface area (Å²) in [5.74, 6) is 0.356. The second-order valence-corrected chi connectivity index (χ2v) is 9.42. The van der Waals surface area contributed by atoms with Gasteiger partial charge in [-0.05, 0) is 37.0 Å². The first-order valence-corrected chi connectivity index (χ1v) is 11.8. The molecular formula is C26H29NO5. The van der Waals surface area contributed by atoms with E-state index >= 15 is 0 Å². The third kappa shape index (κ3) is 3.65. The molecule has 3 unspecified atom stereocenters. The highest BCUT2D eigenvalue weighted by atomic mass is 17.0. The van der Waals surface area contributed by atoms with Gasteiger partial charge in [0.1, 0.15) is 12.1 Å². The van der Waals surface area contributed by atoms with Crippen molar-refractivity contribution in [3.8, 4) is 0 Å². The van der Waals surface area contributed by atoms with Crippen LogP contribution in [0.15, 0.2) is 60.7 Å². The molecule has 2 saturated carbocycles. The number of ether oxygens (including phenoxy) is 2. The highest BCUT2D eigenvalue weighted by Crippen LogP contribution is 2.49. The minimum Gasteiger partial charge on any atom is -0.456 e. The van der Waals surface area contributed by atoms with Crippen molar-refractivity contribution in [1.29, 1.82) is 0 Å². The van der Waals surface area contributed by atoms with Gasteiger partial charge in [0.25, 0.3) is 0 Å². The Morgan fingerprint density at radius 3 is 2.53 bits per heavy atom. The van der Waals surface area contributed by atoms with Gasteiger partial charge in [-0.25, -0.2) is 9.63 Å². The molecular weight excluding hydrogens is 406 g/mol. The van der Waals surface area contributed by atoms with Crippen molar-refractivity contribution in [2.24, 2.45) is 11.8 Å². The minimum absolute atomic E-state index is 0.0103. The second kappa shape index (κ2) is 8.60. The van der Waals surface area contributed by atoms with Gasteiger partial charge in [0.05, 0.1) is 24.2 Å². The van der Waals surface area contributed by atoms with E-state index in [9.17, 15) is 4.79 Å². The molecule has 2 heterocycles. The summed E-state index contributed by atoms with van der Waals surface area (Å²) in [6.07, 6.45) is 4.68. The minimum atomic E-state index is -0.473. The monoisotopic (exact) mass is 435 g/mol. The van der Waals surface area contributed by atoms with Gasteiger partial charge in [-0.15, -0.1) is 0 Å². The van der Waals surface area contributed by atoms with Crippen LogP contribution in [0.2, 0.25) is 0 Å². The lowest BCUT2D eigenvalue weighted by atomic mass is 9.81. The molecule has 7 atom stereocenters. The molecule has 2 aliphatic carbocycles. The second-order valence-electron chi connectivity index (χ2n) is 9.42. The van der Waals surface area contributed by atoms with E-state index in [0.717, 1.165) is 25.7 Å². The average Bonchev–Trinajstić information content (AvgIpc) is 3.36. The Kier molecular flexibility index (Phi) is 5.47. The van der Waals surface area contributed by atoms with Crippen LogP contribution in [-0.2, 0) is 19.1 Å². The fourth-order valence-corrected chi connectivity index (χ4v) is 5.97. The number of benzene rings is 2. The molecule has 0 spiro atoms. The van der Waals surface area contributed by atoms with Crippen LogP contribution in [0, 0.1) is 11.8 Å². The molecule has 6 nitrogen and oxygen atoms in total. The molecule has 2 saturated heterocycles. The number of hydrogen-bond donors (Lipinski definition) is 0. The van der Waals surface area contributed by atoms with Crippen LogP contribution >= 0.6 is 0 Å². The average molecular weight is 436 g/mol. The maximum Gasteiger partial charge on any atom is 0.338 e. The van der Waals surface area contributed by atoms with Crippen molar-refractivity contribution in [3.63, 3.8) is 0 Å². The Bertz CT molecular complexity index is 938. The van der Waals surface area contributed by atoms with Crippen LogP contribution in [0.1, 0.15) is 53.9 Å². The van der Waals surface area contributed by atoms with Crippen molar-refractivity contribution in [1.82, 2.24) is 5.23 Å². The number of hydroxylamine groups is 2. The van der Waals surface area contributed by atoms with E-state index in [-0.39, 0.29) is 30.1 Å². The number of carbonyl (C=O) groups excluding carboxylic acids is 1. The molecule has 2 aromatic carbocycles. The lowest BCUT2D eigenvalue weighted by Gasteiger charge is -2.42. The Morgan fingerprint density at radius 2 is 1.72 bits per heavy atom. The lowest BCUT2D eigenvalue weighted by molar-refractivity contribution is -0.451. The van der Waals surface area contributed by atoms with Crippen molar-refractivity contribution in [2.75, 3.05) is 6.61 Å². The lowest BCUT2D eigenvalue weighted by Crippen LogP contribution is -2.54. The largest absolute Gasteiger partial charge is 0.456 e. The summed E-state index contributed by atoms with van der Waals surface area (Å²) in [4.78, 5) is 24.8. The Balaban J connectivity index is 1.22. The van der Waals surface area contributed by atoms with Crippen LogP contribution in [0.3, 0.4) is 0 Å². The number of rotatable bonds is 5. The molecule has 4 fully saturated rings. The Hall–Kier alpha value is -2.25. The molecule has 2 bridgehead atoms. The normalized spacial score (nSPS) is 36.2. The fourth-order valence-electron chi connectivity index (χ4n) is 5.97. The maximum absolute atomic E-state index is 12.8. The third-order valence-electron chi connectivity index (χ3n) is 7.52. The van der Waals surface area contributed by atoms with E-state index in [1.165, 1.54) is 12.0 Å². The van der Waals surface area contributed by atoms with Gasteiger partial charge in [-0.3, -0.25) is 4.84 Å². The first kappa shape index (κ1) is 20.4. The molecule has 168 valence electrons. The highest BCUT2D eigenvalue weighted by Gasteiger charge is 2.61. The van der Waals surface area contributed by atoms with E-state index in [4.69, 9.17) is 19.1 Å². The SMILES string of the molecule is O=C(O[C@@H]1C2[C@@H]3CON2O[C@@H](OC2CCCCC2c2ccccc2)[C@H]1C3)c1ccccc1. The molecule has 6 rings (SSSR count). The quantitative estimate of drug-likeness (QED) is 0.646. The van der Waals surface area contributed by atoms with Crippen LogP contribution in [0.25, 0.3) is 0 Å². The smallest absolute Gasteiger partial charge is 0.338 e. The summed E-state index contributed by atoms with van der Waals surface area (Å²) in [6, 6.07) is 19.7. The molecule has 2 aliphatic heterocycles. The standard InChI is InChI=1S/C26H29NO5/c28-25(18-11-5-2-6-12-18)31-24-21-15-19-16-29-27(23(19)24)32-26(21)30-22-14-8-7-13-20(22)17-9-3-1-4-10-17/h1-6,9-12,19-24,26H,7-8,13-16H2/t19-,20?,21-,22?,23?,24-,26+/m0/s1. The maximum atomic E-state index is 12.8. The molecule has 6 heteroatoms. The molecule has 0 N–H and O–H groups in total. The zero-order chi connectivity index (χ0) is 21.5. The topological polar surface area (TPSA) is 57.2 Å². The van der Waals surface area contributed by atoms with Crippen LogP contribution in [0.4, 0.5) is 0 Å². The van der Waals surface area contributed by atoms with Crippen molar-refractivity contribution < 1.29 is 23.9 Å². The zero-order valence-corrected chi connectivity index (χ0v) is 18.0. The first-order valence-electron chi connectivity index (χ1n) is 11.8. The predicted octanol–water partition coefficient (Wildman–Crippen LogP) is 4.48. The number of carbonyl (C=O) groups is 1. The number of hydrogen-bond acceptors (Lipinski definition) is 6. The van der Waals surface area contributed by atoms with Crippen molar-refractivity contribution in [3.05, 3.63) is 71.8 Å². The van der Waals surface area contributed by atoms with E-state index in [2.05, 4.69) is 30.3 Å². The van der Waals surface area contributed by atoms with E-state index in [1.54, 1.807) is 17.4 Å². The summed E-state index contributed by atoms with van der Waals surface area (Å²) < 4.78 is 12.7. The van der Waals surface area contributed by atoms with Gasteiger partial charge < -0.3 is 9.47 Å². The van der Waals surface area contributed by atoms with Gasteiger partial charge in [0, 0.05) is 11.8 Å². The van der Waals surface area contributed by atoms with E-state index in [0.29, 0.717) is 24.0 Å². The molecule has 0 amide bonds. The van der Waals surface area contributed by atoms with Gasteiger partial charge in [0.2, 0.25) is 0 Å². The summed E-state index contributed by atoms with van der Waals surface area (Å²) in [6.45, 7) is 0.601. The summed E-state index contributed by atoms with van der Waals surface area (Å²) in [7, 11) is 0. The molecule has 32 heavy (non-hydrogen) atoms. The summed E-state index contributed by atoms with van der Waals surface area (Å²) in [5, 5.41) is 1.56. The van der Waals surface area contributed by atoms with Gasteiger partial charge >= 0.3 is 5.97 Å². The Morgan fingerprint density at radius 1 is 0.969 bits per heavy atom. The van der Waals surface area contributed by atoms with E-state index < -0.39 is 6.29 Å². The van der Waals surface area contributed by atoms with Crippen LogP contribution < -0.4 is 0 Å². The number of esters is 1. The first-order chi connectivity index (χ1) is 15.8. The molecule has 0 radical (unpaired) electrons.